The van der Waals surface area contributed by atoms with Gasteiger partial charge in [-0.2, -0.15) is 0 Å². The zero-order valence-electron chi connectivity index (χ0n) is 17.6. The molecule has 1 saturated heterocycles. The van der Waals surface area contributed by atoms with Crippen molar-refractivity contribution in [3.05, 3.63) is 58.4 Å². The predicted molar refractivity (Wildman–Crippen MR) is 122 cm³/mol. The van der Waals surface area contributed by atoms with Gasteiger partial charge in [-0.05, 0) is 36.4 Å². The number of benzene rings is 1. The Labute approximate surface area is 185 Å². The zero-order chi connectivity index (χ0) is 21.6. The smallest absolute Gasteiger partial charge is 0.309 e. The molecular weight excluding hydrogens is 412 g/mol. The number of aromatic nitrogens is 1. The van der Waals surface area contributed by atoms with Crippen LogP contribution in [0.5, 0.6) is 0 Å². The zero-order valence-corrected chi connectivity index (χ0v) is 18.4. The SMILES string of the molecule is C[C@H](NC(=O)C(=O)NCCc1c[nH]c2ccccc12)[C@H](c1cccs1)N1CCOCC1. The molecule has 1 aliphatic heterocycles. The van der Waals surface area contributed by atoms with E-state index in [0.29, 0.717) is 26.2 Å². The van der Waals surface area contributed by atoms with Crippen molar-refractivity contribution in [2.75, 3.05) is 32.8 Å². The number of morpholine rings is 1. The summed E-state index contributed by atoms with van der Waals surface area (Å²) in [6, 6.07) is 11.9. The molecule has 3 N–H and O–H groups in total. The molecule has 3 aromatic rings. The lowest BCUT2D eigenvalue weighted by Crippen LogP contribution is -2.51. The number of carbonyl (C=O) groups excluding carboxylic acids is 2. The summed E-state index contributed by atoms with van der Waals surface area (Å²) < 4.78 is 5.48. The second-order valence-corrected chi connectivity index (χ2v) is 8.72. The fraction of sp³-hybridized carbons (Fsp3) is 0.391. The first-order chi connectivity index (χ1) is 15.1. The first-order valence-electron chi connectivity index (χ1n) is 10.6. The van der Waals surface area contributed by atoms with Crippen LogP contribution in [0.3, 0.4) is 0 Å². The Kier molecular flexibility index (Phi) is 7.01. The van der Waals surface area contributed by atoms with Crippen molar-refractivity contribution in [3.8, 4) is 0 Å². The molecule has 1 aromatic carbocycles. The largest absolute Gasteiger partial charge is 0.379 e. The van der Waals surface area contributed by atoms with E-state index in [1.807, 2.05) is 48.8 Å². The number of thiophene rings is 1. The Bertz CT molecular complexity index is 1010. The van der Waals surface area contributed by atoms with Gasteiger partial charge >= 0.3 is 11.8 Å². The third-order valence-corrected chi connectivity index (χ3v) is 6.61. The van der Waals surface area contributed by atoms with E-state index >= 15 is 0 Å². The minimum absolute atomic E-state index is 0.0203. The molecule has 31 heavy (non-hydrogen) atoms. The van der Waals surface area contributed by atoms with Crippen LogP contribution in [-0.2, 0) is 20.7 Å². The number of aromatic amines is 1. The minimum Gasteiger partial charge on any atom is -0.379 e. The molecule has 0 unspecified atom stereocenters. The van der Waals surface area contributed by atoms with Crippen molar-refractivity contribution in [3.63, 3.8) is 0 Å². The summed E-state index contributed by atoms with van der Waals surface area (Å²) in [5.41, 5.74) is 2.19. The van der Waals surface area contributed by atoms with E-state index in [4.69, 9.17) is 4.74 Å². The fourth-order valence-corrected chi connectivity index (χ4v) is 5.10. The van der Waals surface area contributed by atoms with E-state index in [0.717, 1.165) is 29.6 Å². The highest BCUT2D eigenvalue weighted by Crippen LogP contribution is 2.29. The highest BCUT2D eigenvalue weighted by molar-refractivity contribution is 7.10. The lowest BCUT2D eigenvalue weighted by molar-refractivity contribution is -0.139. The van der Waals surface area contributed by atoms with Crippen molar-refractivity contribution in [2.24, 2.45) is 0 Å². The average molecular weight is 441 g/mol. The first-order valence-corrected chi connectivity index (χ1v) is 11.5. The Morgan fingerprint density at radius 3 is 2.74 bits per heavy atom. The Morgan fingerprint density at radius 1 is 1.16 bits per heavy atom. The van der Waals surface area contributed by atoms with Gasteiger partial charge in [-0.1, -0.05) is 24.3 Å². The Hall–Kier alpha value is -2.68. The summed E-state index contributed by atoms with van der Waals surface area (Å²) in [6.45, 7) is 5.32. The normalized spacial score (nSPS) is 16.7. The van der Waals surface area contributed by atoms with Gasteiger partial charge < -0.3 is 20.4 Å². The van der Waals surface area contributed by atoms with Gasteiger partial charge in [-0.25, -0.2) is 0 Å². The monoisotopic (exact) mass is 440 g/mol. The van der Waals surface area contributed by atoms with Gasteiger partial charge in [-0.3, -0.25) is 14.5 Å². The predicted octanol–water partition coefficient (Wildman–Crippen LogP) is 2.47. The standard InChI is InChI=1S/C23H28N4O3S/c1-16(21(20-7-4-14-31-20)27-10-12-30-13-11-27)26-23(29)22(28)24-9-8-17-15-25-19-6-3-2-5-18(17)19/h2-7,14-16,21,25H,8-13H2,1H3,(H,24,28)(H,26,29)/t16-,21+/m0/s1. The number of nitrogens with one attached hydrogen (secondary N) is 3. The summed E-state index contributed by atoms with van der Waals surface area (Å²) in [7, 11) is 0. The number of fused-ring (bicyclic) bond motifs is 1. The minimum atomic E-state index is -0.599. The average Bonchev–Trinajstić information content (AvgIpc) is 3.45. The Morgan fingerprint density at radius 2 is 1.97 bits per heavy atom. The van der Waals surface area contributed by atoms with E-state index in [9.17, 15) is 9.59 Å². The first kappa shape index (κ1) is 21.5. The van der Waals surface area contributed by atoms with Crippen molar-refractivity contribution >= 4 is 34.1 Å². The molecule has 0 saturated carbocycles. The van der Waals surface area contributed by atoms with Gasteiger partial charge in [0.1, 0.15) is 0 Å². The van der Waals surface area contributed by atoms with Crippen LogP contribution in [0.1, 0.15) is 23.4 Å². The third-order valence-electron chi connectivity index (χ3n) is 5.67. The molecule has 4 rings (SSSR count). The van der Waals surface area contributed by atoms with Crippen LogP contribution in [0.25, 0.3) is 10.9 Å². The molecule has 2 atom stereocenters. The van der Waals surface area contributed by atoms with E-state index in [1.54, 1.807) is 11.3 Å². The number of ether oxygens (including phenoxy) is 1. The van der Waals surface area contributed by atoms with Gasteiger partial charge in [-0.15, -0.1) is 11.3 Å². The molecule has 1 aliphatic rings. The molecule has 3 heterocycles. The molecule has 8 heteroatoms. The lowest BCUT2D eigenvalue weighted by atomic mass is 10.1. The summed E-state index contributed by atoms with van der Waals surface area (Å²) in [6.07, 6.45) is 2.61. The van der Waals surface area contributed by atoms with Crippen LogP contribution in [-0.4, -0.2) is 60.6 Å². The fourth-order valence-electron chi connectivity index (χ4n) is 4.14. The maximum absolute atomic E-state index is 12.5. The van der Waals surface area contributed by atoms with Gasteiger partial charge in [0.05, 0.1) is 19.3 Å². The van der Waals surface area contributed by atoms with Gasteiger partial charge in [0.15, 0.2) is 0 Å². The molecule has 0 bridgehead atoms. The molecular formula is C23H28N4O3S. The van der Waals surface area contributed by atoms with Crippen molar-refractivity contribution in [1.29, 1.82) is 0 Å². The van der Waals surface area contributed by atoms with Gasteiger partial charge in [0.2, 0.25) is 0 Å². The molecule has 2 aromatic heterocycles. The number of para-hydroxylation sites is 1. The van der Waals surface area contributed by atoms with E-state index < -0.39 is 11.8 Å². The molecule has 0 radical (unpaired) electrons. The van der Waals surface area contributed by atoms with Crippen molar-refractivity contribution in [1.82, 2.24) is 20.5 Å². The van der Waals surface area contributed by atoms with Crippen LogP contribution >= 0.6 is 11.3 Å². The van der Waals surface area contributed by atoms with Crippen molar-refractivity contribution in [2.45, 2.75) is 25.4 Å². The number of rotatable bonds is 7. The number of hydrogen-bond donors (Lipinski definition) is 3. The molecule has 0 spiro atoms. The lowest BCUT2D eigenvalue weighted by Gasteiger charge is -2.37. The molecule has 0 aliphatic carbocycles. The molecule has 164 valence electrons. The van der Waals surface area contributed by atoms with Crippen LogP contribution in [0.4, 0.5) is 0 Å². The number of H-pyrrole nitrogens is 1. The van der Waals surface area contributed by atoms with Crippen LogP contribution in [0, 0.1) is 0 Å². The van der Waals surface area contributed by atoms with Crippen LogP contribution in [0.2, 0.25) is 0 Å². The molecule has 2 amide bonds. The third kappa shape index (κ3) is 5.15. The highest BCUT2D eigenvalue weighted by Gasteiger charge is 2.30. The topological polar surface area (TPSA) is 86.5 Å². The van der Waals surface area contributed by atoms with Crippen LogP contribution in [0.15, 0.2) is 48.0 Å². The van der Waals surface area contributed by atoms with E-state index in [2.05, 4.69) is 26.6 Å². The number of amides is 2. The van der Waals surface area contributed by atoms with Crippen LogP contribution < -0.4 is 10.6 Å². The summed E-state index contributed by atoms with van der Waals surface area (Å²) in [4.78, 5) is 31.7. The van der Waals surface area contributed by atoms with Gasteiger partial charge in [0, 0.05) is 47.7 Å². The number of hydrogen-bond acceptors (Lipinski definition) is 5. The summed E-state index contributed by atoms with van der Waals surface area (Å²) >= 11 is 1.66. The van der Waals surface area contributed by atoms with Gasteiger partial charge in [0.25, 0.3) is 0 Å². The number of nitrogens with zero attached hydrogens (tertiary/aromatic N) is 1. The molecule has 7 nitrogen and oxygen atoms in total. The number of carbonyl (C=O) groups is 2. The maximum atomic E-state index is 12.5. The maximum Gasteiger partial charge on any atom is 0.309 e. The van der Waals surface area contributed by atoms with E-state index in [-0.39, 0.29) is 12.1 Å². The van der Waals surface area contributed by atoms with Crippen molar-refractivity contribution < 1.29 is 14.3 Å². The summed E-state index contributed by atoms with van der Waals surface area (Å²) in [5.74, 6) is -1.19. The Balaban J connectivity index is 1.32. The summed E-state index contributed by atoms with van der Waals surface area (Å²) in [5, 5.41) is 8.83. The quantitative estimate of drug-likeness (QED) is 0.493. The highest BCUT2D eigenvalue weighted by atomic mass is 32.1. The van der Waals surface area contributed by atoms with E-state index in [1.165, 1.54) is 4.88 Å². The second-order valence-electron chi connectivity index (χ2n) is 7.74. The second kappa shape index (κ2) is 10.1. The molecule has 1 fully saturated rings.